The van der Waals surface area contributed by atoms with Crippen LogP contribution in [0.25, 0.3) is 10.9 Å². The lowest BCUT2D eigenvalue weighted by molar-refractivity contribution is -0.137. The largest absolute Gasteiger partial charge is 0.465 e. The summed E-state index contributed by atoms with van der Waals surface area (Å²) in [6.07, 6.45) is -2.29. The van der Waals surface area contributed by atoms with Gasteiger partial charge in [0.2, 0.25) is 5.91 Å². The summed E-state index contributed by atoms with van der Waals surface area (Å²) in [5, 5.41) is 5.96. The number of aromatic nitrogens is 2. The second-order valence-electron chi connectivity index (χ2n) is 6.51. The number of amides is 1. The van der Waals surface area contributed by atoms with Gasteiger partial charge in [0, 0.05) is 36.4 Å². The summed E-state index contributed by atoms with van der Waals surface area (Å²) < 4.78 is 44.3. The van der Waals surface area contributed by atoms with Gasteiger partial charge in [0.05, 0.1) is 23.3 Å². The highest BCUT2D eigenvalue weighted by atomic mass is 35.5. The van der Waals surface area contributed by atoms with E-state index in [9.17, 15) is 22.8 Å². The molecule has 31 heavy (non-hydrogen) atoms. The number of methoxy groups -OCH3 is 1. The second kappa shape index (κ2) is 9.25. The fourth-order valence-electron chi connectivity index (χ4n) is 2.97. The molecule has 3 rings (SSSR count). The van der Waals surface area contributed by atoms with E-state index in [1.54, 1.807) is 35.0 Å². The van der Waals surface area contributed by atoms with Crippen molar-refractivity contribution in [2.45, 2.75) is 12.7 Å². The van der Waals surface area contributed by atoms with Crippen molar-refractivity contribution in [3.8, 4) is 0 Å². The highest BCUT2D eigenvalue weighted by Gasteiger charge is 2.31. The summed E-state index contributed by atoms with van der Waals surface area (Å²) in [5.41, 5.74) is 0.120. The molecular weight excluding hydrogens is 437 g/mol. The average molecular weight is 455 g/mol. The molecule has 2 aromatic heterocycles. The topological polar surface area (TPSA) is 85.2 Å². The van der Waals surface area contributed by atoms with Gasteiger partial charge in [-0.2, -0.15) is 13.2 Å². The minimum Gasteiger partial charge on any atom is -0.465 e. The van der Waals surface area contributed by atoms with Crippen molar-refractivity contribution < 1.29 is 27.5 Å². The summed E-state index contributed by atoms with van der Waals surface area (Å²) in [6, 6.07) is 7.91. The SMILES string of the molecule is COC(=O)c1cn(CC(=O)NCCNc2ncc(C(F)(F)F)cc2Cl)c2ccccc12. The number of halogens is 4. The predicted molar refractivity (Wildman–Crippen MR) is 109 cm³/mol. The van der Waals surface area contributed by atoms with Gasteiger partial charge in [0.1, 0.15) is 12.4 Å². The van der Waals surface area contributed by atoms with Crippen molar-refractivity contribution in [2.24, 2.45) is 0 Å². The Kier molecular flexibility index (Phi) is 6.69. The Morgan fingerprint density at radius 1 is 1.23 bits per heavy atom. The Morgan fingerprint density at radius 2 is 1.97 bits per heavy atom. The minimum absolute atomic E-state index is 0.0310. The van der Waals surface area contributed by atoms with Crippen molar-refractivity contribution in [2.75, 3.05) is 25.5 Å². The predicted octanol–water partition coefficient (Wildman–Crippen LogP) is 3.72. The maximum Gasteiger partial charge on any atom is 0.417 e. The van der Waals surface area contributed by atoms with Crippen LogP contribution in [0.5, 0.6) is 0 Å². The molecule has 0 saturated carbocycles. The number of para-hydroxylation sites is 1. The molecule has 0 aliphatic rings. The minimum atomic E-state index is -4.53. The number of benzene rings is 1. The van der Waals surface area contributed by atoms with E-state index in [-0.39, 0.29) is 36.4 Å². The van der Waals surface area contributed by atoms with Crippen LogP contribution in [0.2, 0.25) is 5.02 Å². The monoisotopic (exact) mass is 454 g/mol. The van der Waals surface area contributed by atoms with E-state index in [4.69, 9.17) is 16.3 Å². The van der Waals surface area contributed by atoms with Crippen LogP contribution in [0.3, 0.4) is 0 Å². The zero-order valence-corrected chi connectivity index (χ0v) is 17.0. The number of hydrogen-bond donors (Lipinski definition) is 2. The van der Waals surface area contributed by atoms with E-state index in [1.165, 1.54) is 7.11 Å². The molecule has 2 heterocycles. The van der Waals surface area contributed by atoms with Gasteiger partial charge in [-0.3, -0.25) is 4.79 Å². The quantitative estimate of drug-likeness (QED) is 0.420. The number of nitrogens with one attached hydrogen (secondary N) is 2. The normalized spacial score (nSPS) is 11.4. The van der Waals surface area contributed by atoms with Crippen LogP contribution in [-0.4, -0.2) is 41.6 Å². The first-order valence-electron chi connectivity index (χ1n) is 9.10. The summed E-state index contributed by atoms with van der Waals surface area (Å²) in [4.78, 5) is 27.9. The van der Waals surface area contributed by atoms with E-state index in [1.807, 2.05) is 0 Å². The van der Waals surface area contributed by atoms with Gasteiger partial charge in [0.25, 0.3) is 0 Å². The lowest BCUT2D eigenvalue weighted by atomic mass is 10.2. The number of hydrogen-bond acceptors (Lipinski definition) is 5. The molecule has 1 amide bonds. The molecule has 7 nitrogen and oxygen atoms in total. The summed E-state index contributed by atoms with van der Waals surface area (Å²) in [7, 11) is 1.28. The maximum absolute atomic E-state index is 12.6. The number of rotatable bonds is 7. The van der Waals surface area contributed by atoms with Crippen LogP contribution >= 0.6 is 11.6 Å². The van der Waals surface area contributed by atoms with Crippen molar-refractivity contribution >= 4 is 40.2 Å². The third kappa shape index (κ3) is 5.26. The molecule has 2 N–H and O–H groups in total. The van der Waals surface area contributed by atoms with Gasteiger partial charge < -0.3 is 19.9 Å². The molecule has 11 heteroatoms. The zero-order valence-electron chi connectivity index (χ0n) is 16.3. The van der Waals surface area contributed by atoms with Crippen LogP contribution in [0.4, 0.5) is 19.0 Å². The molecule has 0 atom stereocenters. The standard InChI is InChI=1S/C20H18ClF3N4O3/c1-31-19(30)14-10-28(16-5-3-2-4-13(14)16)11-17(29)25-6-7-26-18-15(21)8-12(9-27-18)20(22,23)24/h2-5,8-10H,6-7,11H2,1H3,(H,25,29)(H,26,27). The van der Waals surface area contributed by atoms with Crippen LogP contribution < -0.4 is 10.6 Å². The molecule has 0 saturated heterocycles. The molecular formula is C20H18ClF3N4O3. The maximum atomic E-state index is 12.6. The molecule has 0 spiro atoms. The fraction of sp³-hybridized carbons (Fsp3) is 0.250. The third-order valence-electron chi connectivity index (χ3n) is 4.42. The first kappa shape index (κ1) is 22.4. The Balaban J connectivity index is 1.56. The molecule has 0 fully saturated rings. The highest BCUT2D eigenvalue weighted by Crippen LogP contribution is 2.32. The first-order chi connectivity index (χ1) is 14.7. The number of carbonyl (C=O) groups excluding carboxylic acids is 2. The second-order valence-corrected chi connectivity index (χ2v) is 6.92. The molecule has 0 aliphatic heterocycles. The van der Waals surface area contributed by atoms with Crippen molar-refractivity contribution in [3.05, 3.63) is 58.9 Å². The smallest absolute Gasteiger partial charge is 0.417 e. The third-order valence-corrected chi connectivity index (χ3v) is 4.70. The Hall–Kier alpha value is -3.27. The lowest BCUT2D eigenvalue weighted by Gasteiger charge is -2.11. The van der Waals surface area contributed by atoms with E-state index in [0.717, 1.165) is 6.07 Å². The van der Waals surface area contributed by atoms with Crippen LogP contribution in [0.1, 0.15) is 15.9 Å². The van der Waals surface area contributed by atoms with Gasteiger partial charge in [0.15, 0.2) is 0 Å². The van der Waals surface area contributed by atoms with Gasteiger partial charge >= 0.3 is 12.1 Å². The Labute approximate surface area is 180 Å². The van der Waals surface area contributed by atoms with E-state index in [2.05, 4.69) is 15.6 Å². The van der Waals surface area contributed by atoms with Crippen LogP contribution in [0.15, 0.2) is 42.7 Å². The number of carbonyl (C=O) groups is 2. The molecule has 0 bridgehead atoms. The average Bonchev–Trinajstić information content (AvgIpc) is 3.09. The molecule has 0 radical (unpaired) electrons. The number of pyridine rings is 1. The fourth-order valence-corrected chi connectivity index (χ4v) is 3.20. The Bertz CT molecular complexity index is 1110. The summed E-state index contributed by atoms with van der Waals surface area (Å²) in [5.74, 6) is -0.728. The van der Waals surface area contributed by atoms with E-state index in [0.29, 0.717) is 22.7 Å². The highest BCUT2D eigenvalue weighted by molar-refractivity contribution is 6.32. The molecule has 164 valence electrons. The van der Waals surface area contributed by atoms with Crippen molar-refractivity contribution in [1.82, 2.24) is 14.9 Å². The number of ether oxygens (including phenoxy) is 1. The van der Waals surface area contributed by atoms with Gasteiger partial charge in [-0.15, -0.1) is 0 Å². The van der Waals surface area contributed by atoms with Gasteiger partial charge in [-0.25, -0.2) is 9.78 Å². The van der Waals surface area contributed by atoms with Crippen molar-refractivity contribution in [1.29, 1.82) is 0 Å². The van der Waals surface area contributed by atoms with Crippen LogP contribution in [0, 0.1) is 0 Å². The van der Waals surface area contributed by atoms with Crippen LogP contribution in [-0.2, 0) is 22.3 Å². The zero-order chi connectivity index (χ0) is 22.6. The number of anilines is 1. The molecule has 1 aromatic carbocycles. The summed E-state index contributed by atoms with van der Waals surface area (Å²) >= 11 is 5.83. The number of alkyl halides is 3. The number of fused-ring (bicyclic) bond motifs is 1. The number of esters is 1. The lowest BCUT2D eigenvalue weighted by Crippen LogP contribution is -2.31. The van der Waals surface area contributed by atoms with Gasteiger partial charge in [-0.05, 0) is 12.1 Å². The van der Waals surface area contributed by atoms with E-state index >= 15 is 0 Å². The van der Waals surface area contributed by atoms with Gasteiger partial charge in [-0.1, -0.05) is 29.8 Å². The first-order valence-corrected chi connectivity index (χ1v) is 9.48. The van der Waals surface area contributed by atoms with E-state index < -0.39 is 17.7 Å². The Morgan fingerprint density at radius 3 is 2.65 bits per heavy atom. The summed E-state index contributed by atoms with van der Waals surface area (Å²) in [6.45, 7) is 0.349. The molecule has 3 aromatic rings. The number of nitrogens with zero attached hydrogens (tertiary/aromatic N) is 2. The molecule has 0 aliphatic carbocycles. The molecule has 0 unspecified atom stereocenters. The van der Waals surface area contributed by atoms with Crippen molar-refractivity contribution in [3.63, 3.8) is 0 Å².